The highest BCUT2D eigenvalue weighted by Crippen LogP contribution is 2.40. The second-order valence-electron chi connectivity index (χ2n) is 8.19. The molecule has 2 aromatic heterocycles. The van der Waals surface area contributed by atoms with E-state index in [1.807, 2.05) is 24.3 Å². The van der Waals surface area contributed by atoms with E-state index in [9.17, 15) is 21.6 Å². The molecule has 0 N–H and O–H groups in total. The van der Waals surface area contributed by atoms with Crippen molar-refractivity contribution in [3.63, 3.8) is 0 Å². The van der Waals surface area contributed by atoms with Crippen LogP contribution in [0.1, 0.15) is 36.8 Å². The highest BCUT2D eigenvalue weighted by Gasteiger charge is 2.31. The molecule has 0 spiro atoms. The van der Waals surface area contributed by atoms with Crippen LogP contribution in [-0.4, -0.2) is 28.9 Å². The first-order valence-electron chi connectivity index (χ1n) is 10.6. The zero-order valence-electron chi connectivity index (χ0n) is 17.7. The molecule has 170 valence electrons. The molecule has 0 saturated heterocycles. The van der Waals surface area contributed by atoms with Gasteiger partial charge in [-0.25, -0.2) is 18.1 Å². The summed E-state index contributed by atoms with van der Waals surface area (Å²) in [7, 11) is -3.69. The molecule has 2 heterocycles. The lowest BCUT2D eigenvalue weighted by Crippen LogP contribution is -2.11. The predicted octanol–water partition coefficient (Wildman–Crippen LogP) is 5.78. The minimum Gasteiger partial charge on any atom is -0.235 e. The van der Waals surface area contributed by atoms with E-state index in [1.54, 1.807) is 12.3 Å². The zero-order valence-corrected chi connectivity index (χ0v) is 18.5. The number of hydrogen-bond acceptors (Lipinski definition) is 4. The van der Waals surface area contributed by atoms with E-state index >= 15 is 0 Å². The lowest BCUT2D eigenvalue weighted by Gasteiger charge is -2.11. The minimum atomic E-state index is -4.50. The quantitative estimate of drug-likeness (QED) is 0.370. The van der Waals surface area contributed by atoms with Gasteiger partial charge in [0.15, 0.2) is 15.7 Å². The van der Waals surface area contributed by atoms with Crippen molar-refractivity contribution >= 4 is 20.7 Å². The summed E-state index contributed by atoms with van der Waals surface area (Å²) in [5.74, 6) is 0.521. The van der Waals surface area contributed by atoms with Crippen LogP contribution in [0.4, 0.5) is 13.2 Å². The van der Waals surface area contributed by atoms with Crippen LogP contribution in [0.3, 0.4) is 0 Å². The van der Waals surface area contributed by atoms with Crippen molar-refractivity contribution in [2.75, 3.05) is 5.75 Å². The van der Waals surface area contributed by atoms with Crippen LogP contribution >= 0.6 is 0 Å². The maximum Gasteiger partial charge on any atom is 0.416 e. The van der Waals surface area contributed by atoms with Crippen molar-refractivity contribution in [2.24, 2.45) is 0 Å². The molecule has 1 aliphatic carbocycles. The molecule has 9 heteroatoms. The average Bonchev–Trinajstić information content (AvgIpc) is 3.56. The van der Waals surface area contributed by atoms with Gasteiger partial charge in [-0.2, -0.15) is 18.3 Å². The van der Waals surface area contributed by atoms with Crippen molar-refractivity contribution in [3.8, 4) is 16.9 Å². The van der Waals surface area contributed by atoms with Gasteiger partial charge in [-0.3, -0.25) is 0 Å². The molecule has 1 saturated carbocycles. The summed E-state index contributed by atoms with van der Waals surface area (Å²) in [6.45, 7) is 1.53. The molecule has 4 aromatic rings. The van der Waals surface area contributed by atoms with Crippen LogP contribution in [0.2, 0.25) is 0 Å². The second-order valence-corrected chi connectivity index (χ2v) is 10.4. The van der Waals surface area contributed by atoms with Gasteiger partial charge in [0.2, 0.25) is 0 Å². The average molecular weight is 472 g/mol. The van der Waals surface area contributed by atoms with Crippen LogP contribution in [0.15, 0.2) is 65.8 Å². The van der Waals surface area contributed by atoms with Gasteiger partial charge < -0.3 is 0 Å². The van der Waals surface area contributed by atoms with Crippen LogP contribution in [0, 0.1) is 0 Å². The summed E-state index contributed by atoms with van der Waals surface area (Å²) in [6.07, 6.45) is 0.929. The maximum atomic E-state index is 13.1. The molecular formula is C24H20F3N3O2S. The number of halogens is 3. The summed E-state index contributed by atoms with van der Waals surface area (Å²) in [4.78, 5) is 4.36. The Bertz CT molecular complexity index is 1450. The van der Waals surface area contributed by atoms with Crippen molar-refractivity contribution in [1.82, 2.24) is 14.8 Å². The van der Waals surface area contributed by atoms with Gasteiger partial charge >= 0.3 is 6.18 Å². The second kappa shape index (κ2) is 7.69. The third-order valence-corrected chi connectivity index (χ3v) is 7.62. The molecule has 0 amide bonds. The fourth-order valence-electron chi connectivity index (χ4n) is 3.82. The van der Waals surface area contributed by atoms with E-state index in [2.05, 4.69) is 10.1 Å². The zero-order chi connectivity index (χ0) is 23.4. The van der Waals surface area contributed by atoms with Crippen LogP contribution < -0.4 is 0 Å². The molecule has 1 fully saturated rings. The molecule has 2 aromatic carbocycles. The largest absolute Gasteiger partial charge is 0.416 e. The van der Waals surface area contributed by atoms with E-state index in [0.717, 1.165) is 17.7 Å². The van der Waals surface area contributed by atoms with Gasteiger partial charge in [0.05, 0.1) is 16.8 Å². The van der Waals surface area contributed by atoms with E-state index in [1.165, 1.54) is 42.3 Å². The Hall–Kier alpha value is -3.20. The SMILES string of the molecule is CCS(=O)(=O)c1cc(-c2ccc(C3CC3)cc2)cnc1-n1cc2ccc(C(F)(F)F)cc2n1. The summed E-state index contributed by atoms with van der Waals surface area (Å²) >= 11 is 0. The lowest BCUT2D eigenvalue weighted by molar-refractivity contribution is -0.137. The first-order chi connectivity index (χ1) is 15.7. The Kier molecular flexibility index (Phi) is 5.04. The molecule has 0 unspecified atom stereocenters. The van der Waals surface area contributed by atoms with Gasteiger partial charge in [0.1, 0.15) is 4.90 Å². The van der Waals surface area contributed by atoms with E-state index in [0.29, 0.717) is 16.9 Å². The number of hydrogen-bond donors (Lipinski definition) is 0. The Morgan fingerprint density at radius 3 is 2.39 bits per heavy atom. The number of aromatic nitrogens is 3. The smallest absolute Gasteiger partial charge is 0.235 e. The maximum absolute atomic E-state index is 13.1. The number of benzene rings is 2. The summed E-state index contributed by atoms with van der Waals surface area (Å²) in [6, 6.07) is 12.8. The first-order valence-corrected chi connectivity index (χ1v) is 12.2. The molecule has 5 rings (SSSR count). The van der Waals surface area contributed by atoms with Crippen LogP contribution in [0.25, 0.3) is 27.8 Å². The fourth-order valence-corrected chi connectivity index (χ4v) is 4.86. The van der Waals surface area contributed by atoms with Gasteiger partial charge in [-0.05, 0) is 48.1 Å². The van der Waals surface area contributed by atoms with Crippen molar-refractivity contribution in [2.45, 2.75) is 36.8 Å². The molecule has 5 nitrogen and oxygen atoms in total. The monoisotopic (exact) mass is 471 g/mol. The Morgan fingerprint density at radius 1 is 1.03 bits per heavy atom. The number of sulfone groups is 1. The normalized spacial score (nSPS) is 14.7. The van der Waals surface area contributed by atoms with Gasteiger partial charge in [-0.15, -0.1) is 0 Å². The summed E-state index contributed by atoms with van der Waals surface area (Å²) in [5.41, 5.74) is 2.03. The number of alkyl halides is 3. The van der Waals surface area contributed by atoms with Crippen molar-refractivity contribution in [3.05, 3.63) is 72.1 Å². The molecule has 0 atom stereocenters. The number of fused-ring (bicyclic) bond motifs is 1. The van der Waals surface area contributed by atoms with E-state index in [4.69, 9.17) is 0 Å². The Morgan fingerprint density at radius 2 is 1.76 bits per heavy atom. The number of rotatable bonds is 5. The van der Waals surface area contributed by atoms with Gasteiger partial charge in [0, 0.05) is 23.3 Å². The van der Waals surface area contributed by atoms with Gasteiger partial charge in [0.25, 0.3) is 0 Å². The lowest BCUT2D eigenvalue weighted by atomic mass is 10.0. The highest BCUT2D eigenvalue weighted by atomic mass is 32.2. The summed E-state index contributed by atoms with van der Waals surface area (Å²) in [5, 5.41) is 4.64. The fraction of sp³-hybridized carbons (Fsp3) is 0.250. The minimum absolute atomic E-state index is 0.0161. The highest BCUT2D eigenvalue weighted by molar-refractivity contribution is 7.91. The topological polar surface area (TPSA) is 64.8 Å². The van der Waals surface area contributed by atoms with Crippen LogP contribution in [-0.2, 0) is 16.0 Å². The van der Waals surface area contributed by atoms with Crippen molar-refractivity contribution < 1.29 is 21.6 Å². The van der Waals surface area contributed by atoms with E-state index < -0.39 is 21.6 Å². The molecule has 0 radical (unpaired) electrons. The van der Waals surface area contributed by atoms with Crippen LogP contribution in [0.5, 0.6) is 0 Å². The predicted molar refractivity (Wildman–Crippen MR) is 119 cm³/mol. The molecule has 33 heavy (non-hydrogen) atoms. The Labute approximate surface area is 188 Å². The number of pyridine rings is 1. The third-order valence-electron chi connectivity index (χ3n) is 5.89. The molecular weight excluding hydrogens is 451 g/mol. The standard InChI is InChI=1S/C24H20F3N3O2S/c1-2-33(31,32)22-11-19(17-7-5-16(6-8-17)15-3-4-15)13-28-23(22)30-14-18-9-10-20(24(25,26)27)12-21(18)29-30/h5-15H,2-4H2,1H3. The van der Waals surface area contributed by atoms with E-state index in [-0.39, 0.29) is 22.0 Å². The molecule has 0 bridgehead atoms. The van der Waals surface area contributed by atoms with Gasteiger partial charge in [-0.1, -0.05) is 37.3 Å². The first kappa shape index (κ1) is 21.6. The molecule has 0 aliphatic heterocycles. The molecule has 1 aliphatic rings. The van der Waals surface area contributed by atoms with Crippen molar-refractivity contribution in [1.29, 1.82) is 0 Å². The summed E-state index contributed by atoms with van der Waals surface area (Å²) < 4.78 is 66.2. The Balaban J connectivity index is 1.61. The third kappa shape index (κ3) is 4.13. The number of nitrogens with zero attached hydrogens (tertiary/aromatic N) is 3.